The highest BCUT2D eigenvalue weighted by atomic mass is 35.5. The van der Waals surface area contributed by atoms with Crippen LogP contribution in [-0.2, 0) is 0 Å². The van der Waals surface area contributed by atoms with Gasteiger partial charge in [-0.1, -0.05) is 11.6 Å². The van der Waals surface area contributed by atoms with Gasteiger partial charge in [0.25, 0.3) is 5.91 Å². The molecule has 0 fully saturated rings. The Balaban J connectivity index is 2.06. The van der Waals surface area contributed by atoms with Gasteiger partial charge in [-0.2, -0.15) is 0 Å². The molecule has 0 aliphatic carbocycles. The molecule has 0 aliphatic heterocycles. The smallest absolute Gasteiger partial charge is 0.275 e. The number of hydrogen-bond acceptors (Lipinski definition) is 4. The molecule has 0 unspecified atom stereocenters. The van der Waals surface area contributed by atoms with Gasteiger partial charge in [-0.05, 0) is 38.1 Å². The third kappa shape index (κ3) is 3.92. The summed E-state index contributed by atoms with van der Waals surface area (Å²) in [5.74, 6) is -0.310. The molecule has 1 heterocycles. The number of carbonyl (C=O) groups excluding carboxylic acids is 1. The third-order valence-electron chi connectivity index (χ3n) is 3.11. The number of carbonyl (C=O) groups is 1. The zero-order valence-corrected chi connectivity index (χ0v) is 12.8. The van der Waals surface area contributed by atoms with Crippen LogP contribution in [-0.4, -0.2) is 29.0 Å². The van der Waals surface area contributed by atoms with E-state index in [1.807, 2.05) is 24.3 Å². The monoisotopic (exact) mass is 304 g/mol. The summed E-state index contributed by atoms with van der Waals surface area (Å²) in [4.78, 5) is 22.0. The average molecular weight is 305 g/mol. The van der Waals surface area contributed by atoms with Crippen molar-refractivity contribution < 1.29 is 4.79 Å². The van der Waals surface area contributed by atoms with Crippen LogP contribution in [0.5, 0.6) is 0 Å². The molecule has 1 N–H and O–H groups in total. The number of hydrogen-bond donors (Lipinski definition) is 1. The van der Waals surface area contributed by atoms with Gasteiger partial charge in [-0.15, -0.1) is 0 Å². The molecule has 5 nitrogen and oxygen atoms in total. The van der Waals surface area contributed by atoms with E-state index in [-0.39, 0.29) is 16.8 Å². The van der Waals surface area contributed by atoms with Crippen LogP contribution in [0.15, 0.2) is 36.7 Å². The van der Waals surface area contributed by atoms with Crippen molar-refractivity contribution in [3.8, 4) is 0 Å². The molecule has 2 rings (SSSR count). The molecule has 0 radical (unpaired) electrons. The summed E-state index contributed by atoms with van der Waals surface area (Å²) in [5, 5.41) is 3.04. The van der Waals surface area contributed by atoms with Crippen molar-refractivity contribution in [1.82, 2.24) is 9.97 Å². The Hall–Kier alpha value is -2.14. The summed E-state index contributed by atoms with van der Waals surface area (Å²) in [5.41, 5.74) is 2.07. The van der Waals surface area contributed by atoms with Crippen LogP contribution in [0, 0.1) is 0 Å². The summed E-state index contributed by atoms with van der Waals surface area (Å²) in [6.45, 7) is 6.11. The van der Waals surface area contributed by atoms with Crippen LogP contribution in [0.3, 0.4) is 0 Å². The predicted octanol–water partition coefficient (Wildman–Crippen LogP) is 3.23. The topological polar surface area (TPSA) is 58.1 Å². The minimum Gasteiger partial charge on any atom is -0.372 e. The van der Waals surface area contributed by atoms with Gasteiger partial charge >= 0.3 is 0 Å². The van der Waals surface area contributed by atoms with Crippen molar-refractivity contribution in [2.45, 2.75) is 13.8 Å². The van der Waals surface area contributed by atoms with E-state index < -0.39 is 0 Å². The first-order valence-corrected chi connectivity index (χ1v) is 7.15. The van der Waals surface area contributed by atoms with E-state index in [2.05, 4.69) is 34.0 Å². The van der Waals surface area contributed by atoms with Gasteiger partial charge in [-0.3, -0.25) is 4.79 Å². The number of nitrogens with one attached hydrogen (secondary N) is 1. The number of benzene rings is 1. The Labute approximate surface area is 129 Å². The lowest BCUT2D eigenvalue weighted by Crippen LogP contribution is -2.21. The number of halogens is 1. The standard InChI is InChI=1S/C15H17ClN4O/c1-3-20(4-2)12-7-5-11(6-8-12)19-15(21)13-9-18-14(16)10-17-13/h5-10H,3-4H2,1-2H3,(H,19,21). The van der Waals surface area contributed by atoms with Crippen LogP contribution in [0.25, 0.3) is 0 Å². The molecule has 0 atom stereocenters. The second-order valence-electron chi connectivity index (χ2n) is 4.40. The lowest BCUT2D eigenvalue weighted by atomic mass is 10.2. The zero-order chi connectivity index (χ0) is 15.2. The van der Waals surface area contributed by atoms with E-state index in [4.69, 9.17) is 11.6 Å². The van der Waals surface area contributed by atoms with Crippen LogP contribution in [0.2, 0.25) is 5.15 Å². The maximum Gasteiger partial charge on any atom is 0.275 e. The van der Waals surface area contributed by atoms with Crippen molar-refractivity contribution in [1.29, 1.82) is 0 Å². The predicted molar refractivity (Wildman–Crippen MR) is 85.0 cm³/mol. The second-order valence-corrected chi connectivity index (χ2v) is 4.78. The van der Waals surface area contributed by atoms with Crippen LogP contribution in [0.1, 0.15) is 24.3 Å². The molecule has 1 amide bonds. The Morgan fingerprint density at radius 1 is 1.14 bits per heavy atom. The highest BCUT2D eigenvalue weighted by molar-refractivity contribution is 6.29. The normalized spacial score (nSPS) is 10.2. The highest BCUT2D eigenvalue weighted by Crippen LogP contribution is 2.18. The van der Waals surface area contributed by atoms with Gasteiger partial charge in [0.2, 0.25) is 0 Å². The van der Waals surface area contributed by atoms with Crippen LogP contribution < -0.4 is 10.2 Å². The summed E-state index contributed by atoms with van der Waals surface area (Å²) in [6.07, 6.45) is 2.70. The molecular weight excluding hydrogens is 288 g/mol. The molecule has 2 aromatic rings. The first kappa shape index (κ1) is 15.3. The molecule has 1 aromatic heterocycles. The Morgan fingerprint density at radius 2 is 1.81 bits per heavy atom. The van der Waals surface area contributed by atoms with Crippen LogP contribution >= 0.6 is 11.6 Å². The summed E-state index contributed by atoms with van der Waals surface area (Å²) in [7, 11) is 0. The molecule has 0 saturated carbocycles. The van der Waals surface area contributed by atoms with E-state index in [0.29, 0.717) is 5.69 Å². The lowest BCUT2D eigenvalue weighted by molar-refractivity contribution is 0.102. The molecule has 0 saturated heterocycles. The second kappa shape index (κ2) is 7.04. The molecule has 0 aliphatic rings. The summed E-state index contributed by atoms with van der Waals surface area (Å²) >= 11 is 5.64. The number of rotatable bonds is 5. The SMILES string of the molecule is CCN(CC)c1ccc(NC(=O)c2cnc(Cl)cn2)cc1. The third-order valence-corrected chi connectivity index (χ3v) is 3.30. The number of anilines is 2. The minimum absolute atomic E-state index is 0.229. The molecule has 6 heteroatoms. The fourth-order valence-corrected chi connectivity index (χ4v) is 2.07. The summed E-state index contributed by atoms with van der Waals surface area (Å²) < 4.78 is 0. The number of amides is 1. The minimum atomic E-state index is -0.310. The van der Waals surface area contributed by atoms with Gasteiger partial charge in [-0.25, -0.2) is 9.97 Å². The molecule has 0 spiro atoms. The Kier molecular flexibility index (Phi) is 5.11. The fourth-order valence-electron chi connectivity index (χ4n) is 1.97. The summed E-state index contributed by atoms with van der Waals surface area (Å²) in [6, 6.07) is 7.70. The van der Waals surface area contributed by atoms with E-state index >= 15 is 0 Å². The van der Waals surface area contributed by atoms with E-state index in [9.17, 15) is 4.79 Å². The molecule has 21 heavy (non-hydrogen) atoms. The Morgan fingerprint density at radius 3 is 2.33 bits per heavy atom. The molecule has 0 bridgehead atoms. The highest BCUT2D eigenvalue weighted by Gasteiger charge is 2.08. The van der Waals surface area contributed by atoms with Gasteiger partial charge < -0.3 is 10.2 Å². The fraction of sp³-hybridized carbons (Fsp3) is 0.267. The number of aromatic nitrogens is 2. The first-order chi connectivity index (χ1) is 10.1. The largest absolute Gasteiger partial charge is 0.372 e. The molecule has 1 aromatic carbocycles. The first-order valence-electron chi connectivity index (χ1n) is 6.78. The van der Waals surface area contributed by atoms with Crippen molar-refractivity contribution in [2.75, 3.05) is 23.3 Å². The van der Waals surface area contributed by atoms with Crippen molar-refractivity contribution in [3.05, 3.63) is 47.5 Å². The van der Waals surface area contributed by atoms with E-state index in [1.165, 1.54) is 12.4 Å². The Bertz CT molecular complexity index is 594. The molecular formula is C15H17ClN4O. The number of nitrogens with zero attached hydrogens (tertiary/aromatic N) is 3. The van der Waals surface area contributed by atoms with E-state index in [1.54, 1.807) is 0 Å². The quantitative estimate of drug-likeness (QED) is 0.921. The van der Waals surface area contributed by atoms with Crippen molar-refractivity contribution >= 4 is 28.9 Å². The van der Waals surface area contributed by atoms with Crippen molar-refractivity contribution in [2.24, 2.45) is 0 Å². The molecule has 110 valence electrons. The maximum atomic E-state index is 12.0. The van der Waals surface area contributed by atoms with Gasteiger partial charge in [0.15, 0.2) is 0 Å². The van der Waals surface area contributed by atoms with Gasteiger partial charge in [0.1, 0.15) is 10.8 Å². The zero-order valence-electron chi connectivity index (χ0n) is 12.0. The van der Waals surface area contributed by atoms with Gasteiger partial charge in [0.05, 0.1) is 12.4 Å². The maximum absolute atomic E-state index is 12.0. The van der Waals surface area contributed by atoms with Crippen LogP contribution in [0.4, 0.5) is 11.4 Å². The van der Waals surface area contributed by atoms with Gasteiger partial charge in [0, 0.05) is 24.5 Å². The van der Waals surface area contributed by atoms with E-state index in [0.717, 1.165) is 18.8 Å². The lowest BCUT2D eigenvalue weighted by Gasteiger charge is -2.21. The van der Waals surface area contributed by atoms with Crippen molar-refractivity contribution in [3.63, 3.8) is 0 Å². The average Bonchev–Trinajstić information content (AvgIpc) is 2.51.